The van der Waals surface area contributed by atoms with E-state index in [1.54, 1.807) is 11.3 Å². The maximum Gasteiger partial charge on any atom is 0.303 e. The minimum Gasteiger partial charge on any atom is -0.481 e. The number of rotatable bonds is 5. The molecule has 5 heteroatoms. The Morgan fingerprint density at radius 2 is 2.11 bits per heavy atom. The number of nitrogens with zero attached hydrogens (tertiary/aromatic N) is 1. The van der Waals surface area contributed by atoms with Gasteiger partial charge in [-0.2, -0.15) is 0 Å². The van der Waals surface area contributed by atoms with Crippen molar-refractivity contribution in [2.24, 2.45) is 5.92 Å². The largest absolute Gasteiger partial charge is 0.481 e. The van der Waals surface area contributed by atoms with E-state index in [0.29, 0.717) is 24.2 Å². The predicted molar refractivity (Wildman–Crippen MR) is 114 cm³/mol. The predicted octanol–water partition coefficient (Wildman–Crippen LogP) is 5.20. The first-order valence-electron chi connectivity index (χ1n) is 10.6. The van der Waals surface area contributed by atoms with Gasteiger partial charge >= 0.3 is 5.97 Å². The molecule has 0 radical (unpaired) electrons. The quantitative estimate of drug-likeness (QED) is 0.727. The van der Waals surface area contributed by atoms with Gasteiger partial charge in [0.15, 0.2) is 0 Å². The lowest BCUT2D eigenvalue weighted by molar-refractivity contribution is -0.137. The molecule has 0 bridgehead atoms. The molecule has 150 valence electrons. The van der Waals surface area contributed by atoms with E-state index in [4.69, 9.17) is 10.1 Å². The van der Waals surface area contributed by atoms with Gasteiger partial charge in [-0.05, 0) is 74.1 Å². The van der Waals surface area contributed by atoms with Crippen molar-refractivity contribution in [1.82, 2.24) is 10.3 Å². The lowest BCUT2D eigenvalue weighted by atomic mass is 9.80. The van der Waals surface area contributed by atoms with Crippen molar-refractivity contribution in [3.63, 3.8) is 0 Å². The average molecular weight is 399 g/mol. The molecule has 2 N–H and O–H groups in total. The van der Waals surface area contributed by atoms with E-state index in [1.165, 1.54) is 21.7 Å². The third kappa shape index (κ3) is 4.47. The molecule has 1 atom stereocenters. The van der Waals surface area contributed by atoms with Crippen molar-refractivity contribution < 1.29 is 9.90 Å². The summed E-state index contributed by atoms with van der Waals surface area (Å²) >= 11 is 1.79. The molecule has 1 saturated carbocycles. The van der Waals surface area contributed by atoms with Crippen LogP contribution in [0.2, 0.25) is 0 Å². The summed E-state index contributed by atoms with van der Waals surface area (Å²) in [6.45, 7) is 4.40. The molecule has 4 rings (SSSR count). The van der Waals surface area contributed by atoms with Crippen LogP contribution in [0.5, 0.6) is 0 Å². The summed E-state index contributed by atoms with van der Waals surface area (Å²) < 4.78 is 0. The van der Waals surface area contributed by atoms with Crippen molar-refractivity contribution >= 4 is 17.3 Å². The highest BCUT2D eigenvalue weighted by molar-refractivity contribution is 7.10. The van der Waals surface area contributed by atoms with Crippen LogP contribution in [0.3, 0.4) is 0 Å². The van der Waals surface area contributed by atoms with Gasteiger partial charge in [0.05, 0.1) is 10.7 Å². The number of carbonyl (C=O) groups is 1. The normalized spacial score (nSPS) is 25.1. The molecule has 1 unspecified atom stereocenters. The van der Waals surface area contributed by atoms with Gasteiger partial charge in [-0.1, -0.05) is 19.1 Å². The Balaban J connectivity index is 1.42. The SMILES string of the molecule is CC1CNCCc2cc(-c3csc(C4CCC(CCC(=O)O)CC4)n3)ccc21. The van der Waals surface area contributed by atoms with Crippen LogP contribution in [0.15, 0.2) is 23.6 Å². The standard InChI is InChI=1S/C23H30N2O2S/c1-15-13-24-11-10-18-12-19(7-8-20(15)18)21-14-28-23(25-21)17-5-2-16(3-6-17)4-9-22(26)27/h7-8,12,14-17,24H,2-6,9-11,13H2,1H3,(H,26,27). The van der Waals surface area contributed by atoms with Gasteiger partial charge in [0.2, 0.25) is 0 Å². The summed E-state index contributed by atoms with van der Waals surface area (Å²) in [5, 5.41) is 15.9. The highest BCUT2D eigenvalue weighted by atomic mass is 32.1. The molecule has 1 aromatic heterocycles. The Kier molecular flexibility index (Phi) is 6.12. The van der Waals surface area contributed by atoms with Crippen LogP contribution < -0.4 is 5.32 Å². The zero-order chi connectivity index (χ0) is 19.5. The van der Waals surface area contributed by atoms with E-state index in [2.05, 4.69) is 35.8 Å². The lowest BCUT2D eigenvalue weighted by Crippen LogP contribution is -2.18. The van der Waals surface area contributed by atoms with Gasteiger partial charge in [-0.15, -0.1) is 11.3 Å². The average Bonchev–Trinajstić information content (AvgIpc) is 3.12. The highest BCUT2D eigenvalue weighted by Gasteiger charge is 2.25. The zero-order valence-corrected chi connectivity index (χ0v) is 17.4. The number of aromatic nitrogens is 1. The number of thiazole rings is 1. The summed E-state index contributed by atoms with van der Waals surface area (Å²) in [7, 11) is 0. The van der Waals surface area contributed by atoms with E-state index in [-0.39, 0.29) is 0 Å². The summed E-state index contributed by atoms with van der Waals surface area (Å²) in [5.74, 6) is 1.02. The molecular weight excluding hydrogens is 368 g/mol. The molecule has 0 saturated heterocycles. The molecule has 0 spiro atoms. The Morgan fingerprint density at radius 1 is 1.29 bits per heavy atom. The number of aliphatic carboxylic acids is 1. The second kappa shape index (κ2) is 8.75. The molecular formula is C23H30N2O2S. The number of benzene rings is 1. The van der Waals surface area contributed by atoms with Crippen LogP contribution in [0.1, 0.15) is 73.4 Å². The van der Waals surface area contributed by atoms with Crippen LogP contribution in [-0.4, -0.2) is 29.1 Å². The fourth-order valence-electron chi connectivity index (χ4n) is 4.75. The molecule has 0 amide bonds. The number of hydrogen-bond donors (Lipinski definition) is 2. The monoisotopic (exact) mass is 398 g/mol. The zero-order valence-electron chi connectivity index (χ0n) is 16.6. The minimum atomic E-state index is -0.669. The number of fused-ring (bicyclic) bond motifs is 1. The molecule has 2 aromatic rings. The minimum absolute atomic E-state index is 0.309. The Morgan fingerprint density at radius 3 is 2.89 bits per heavy atom. The van der Waals surface area contributed by atoms with Crippen LogP contribution >= 0.6 is 11.3 Å². The van der Waals surface area contributed by atoms with E-state index < -0.39 is 5.97 Å². The van der Waals surface area contributed by atoms with Gasteiger partial charge in [-0.25, -0.2) is 4.98 Å². The topological polar surface area (TPSA) is 62.2 Å². The first kappa shape index (κ1) is 19.6. The van der Waals surface area contributed by atoms with E-state index in [1.807, 2.05) is 0 Å². The first-order chi connectivity index (χ1) is 13.6. The summed E-state index contributed by atoms with van der Waals surface area (Å²) in [6, 6.07) is 6.89. The maximum absolute atomic E-state index is 10.8. The van der Waals surface area contributed by atoms with Crippen LogP contribution in [-0.2, 0) is 11.2 Å². The van der Waals surface area contributed by atoms with Crippen LogP contribution in [0.25, 0.3) is 11.3 Å². The molecule has 1 fully saturated rings. The lowest BCUT2D eigenvalue weighted by Gasteiger charge is -2.26. The molecule has 4 nitrogen and oxygen atoms in total. The number of nitrogens with one attached hydrogen (secondary N) is 1. The molecule has 2 aliphatic rings. The van der Waals surface area contributed by atoms with Crippen molar-refractivity contribution in [3.8, 4) is 11.3 Å². The second-order valence-corrected chi connectivity index (χ2v) is 9.38. The van der Waals surface area contributed by atoms with Gasteiger partial charge in [-0.3, -0.25) is 4.79 Å². The molecule has 1 aromatic carbocycles. The van der Waals surface area contributed by atoms with E-state index in [0.717, 1.165) is 57.3 Å². The molecule has 1 aliphatic carbocycles. The molecule has 1 aliphatic heterocycles. The van der Waals surface area contributed by atoms with Gasteiger partial charge in [0, 0.05) is 29.8 Å². The smallest absolute Gasteiger partial charge is 0.303 e. The van der Waals surface area contributed by atoms with Crippen molar-refractivity contribution in [2.75, 3.05) is 13.1 Å². The highest BCUT2D eigenvalue weighted by Crippen LogP contribution is 2.40. The fraction of sp³-hybridized carbons (Fsp3) is 0.565. The van der Waals surface area contributed by atoms with E-state index >= 15 is 0 Å². The summed E-state index contributed by atoms with van der Waals surface area (Å²) in [5.41, 5.74) is 5.29. The van der Waals surface area contributed by atoms with Crippen molar-refractivity contribution in [1.29, 1.82) is 0 Å². The molecule has 28 heavy (non-hydrogen) atoms. The summed E-state index contributed by atoms with van der Waals surface area (Å²) in [4.78, 5) is 15.8. The Bertz CT molecular complexity index is 824. The fourth-order valence-corrected chi connectivity index (χ4v) is 5.75. The number of hydrogen-bond acceptors (Lipinski definition) is 4. The van der Waals surface area contributed by atoms with Gasteiger partial charge < -0.3 is 10.4 Å². The van der Waals surface area contributed by atoms with Gasteiger partial charge in [0.25, 0.3) is 0 Å². The molecule has 2 heterocycles. The van der Waals surface area contributed by atoms with Gasteiger partial charge in [0.1, 0.15) is 0 Å². The van der Waals surface area contributed by atoms with Crippen molar-refractivity contribution in [3.05, 3.63) is 39.7 Å². The first-order valence-corrected chi connectivity index (χ1v) is 11.5. The number of carboxylic acid groups (broad SMARTS) is 1. The van der Waals surface area contributed by atoms with E-state index in [9.17, 15) is 4.79 Å². The third-order valence-electron chi connectivity index (χ3n) is 6.48. The third-order valence-corrected chi connectivity index (χ3v) is 7.48. The van der Waals surface area contributed by atoms with Crippen molar-refractivity contribution in [2.45, 2.75) is 63.7 Å². The maximum atomic E-state index is 10.8. The Hall–Kier alpha value is -1.72. The second-order valence-electron chi connectivity index (χ2n) is 8.49. The summed E-state index contributed by atoms with van der Waals surface area (Å²) in [6.07, 6.45) is 6.78. The Labute approximate surface area is 171 Å². The van der Waals surface area contributed by atoms with Crippen LogP contribution in [0.4, 0.5) is 0 Å². The van der Waals surface area contributed by atoms with Crippen LogP contribution in [0, 0.1) is 5.92 Å². The number of carboxylic acids is 1.